The topological polar surface area (TPSA) is 46.9 Å². The van der Waals surface area contributed by atoms with Crippen LogP contribution in [0.5, 0.6) is 0 Å². The molecule has 2 aromatic carbocycles. The van der Waals surface area contributed by atoms with Gasteiger partial charge in [0.15, 0.2) is 0 Å². The van der Waals surface area contributed by atoms with Crippen molar-refractivity contribution in [3.63, 3.8) is 0 Å². The van der Waals surface area contributed by atoms with Crippen LogP contribution in [0.25, 0.3) is 11.1 Å². The highest BCUT2D eigenvalue weighted by atomic mass is 32.2. The van der Waals surface area contributed by atoms with Gasteiger partial charge in [0.1, 0.15) is 0 Å². The summed E-state index contributed by atoms with van der Waals surface area (Å²) in [6.45, 7) is 1.25. The van der Waals surface area contributed by atoms with Gasteiger partial charge in [-0.25, -0.2) is 0 Å². The molecule has 25 heavy (non-hydrogen) atoms. The normalized spacial score (nSPS) is 10.6. The number of carbonyl (C=O) groups is 1. The van der Waals surface area contributed by atoms with Crippen molar-refractivity contribution in [3.05, 3.63) is 78.6 Å². The standard InChI is InChI=1S/C20H21N3OS/c24-20(16-25-15-17-7-3-1-4-8-17)21-11-12-23-14-19(13-22-23)18-9-5-2-6-10-18/h1-10,13-14H,11-12,15-16H2,(H,21,24). The first-order valence-electron chi connectivity index (χ1n) is 8.27. The largest absolute Gasteiger partial charge is 0.354 e. The van der Waals surface area contributed by atoms with Crippen LogP contribution in [-0.4, -0.2) is 28.0 Å². The molecule has 1 heterocycles. The van der Waals surface area contributed by atoms with Crippen molar-refractivity contribution in [1.82, 2.24) is 15.1 Å². The number of aromatic nitrogens is 2. The average molecular weight is 351 g/mol. The van der Waals surface area contributed by atoms with Gasteiger partial charge < -0.3 is 5.32 Å². The molecule has 1 aromatic heterocycles. The molecule has 0 atom stereocenters. The van der Waals surface area contributed by atoms with Crippen molar-refractivity contribution >= 4 is 17.7 Å². The second-order valence-electron chi connectivity index (χ2n) is 5.69. The number of thioether (sulfide) groups is 1. The number of benzene rings is 2. The molecular weight excluding hydrogens is 330 g/mol. The molecule has 0 radical (unpaired) electrons. The van der Waals surface area contributed by atoms with Gasteiger partial charge in [-0.3, -0.25) is 9.48 Å². The minimum absolute atomic E-state index is 0.0661. The van der Waals surface area contributed by atoms with Crippen molar-refractivity contribution < 1.29 is 4.79 Å². The lowest BCUT2D eigenvalue weighted by atomic mass is 10.1. The highest BCUT2D eigenvalue weighted by Gasteiger charge is 2.04. The van der Waals surface area contributed by atoms with Gasteiger partial charge in [0.05, 0.1) is 18.5 Å². The maximum Gasteiger partial charge on any atom is 0.230 e. The smallest absolute Gasteiger partial charge is 0.230 e. The van der Waals surface area contributed by atoms with Crippen LogP contribution in [0.15, 0.2) is 73.1 Å². The summed E-state index contributed by atoms with van der Waals surface area (Å²) in [4.78, 5) is 11.9. The number of carbonyl (C=O) groups excluding carboxylic acids is 1. The Bertz CT molecular complexity index is 787. The number of hydrogen-bond donors (Lipinski definition) is 1. The molecular formula is C20H21N3OS. The lowest BCUT2D eigenvalue weighted by Crippen LogP contribution is -2.28. The van der Waals surface area contributed by atoms with Gasteiger partial charge in [0.2, 0.25) is 5.91 Å². The van der Waals surface area contributed by atoms with E-state index in [9.17, 15) is 4.79 Å². The monoisotopic (exact) mass is 351 g/mol. The van der Waals surface area contributed by atoms with E-state index in [1.807, 2.05) is 53.5 Å². The van der Waals surface area contributed by atoms with Gasteiger partial charge in [-0.15, -0.1) is 11.8 Å². The Kier molecular flexibility index (Phi) is 6.29. The summed E-state index contributed by atoms with van der Waals surface area (Å²) in [6, 6.07) is 20.3. The van der Waals surface area contributed by atoms with E-state index in [1.54, 1.807) is 11.8 Å². The minimum atomic E-state index is 0.0661. The number of nitrogens with zero attached hydrogens (tertiary/aromatic N) is 2. The predicted molar refractivity (Wildman–Crippen MR) is 103 cm³/mol. The van der Waals surface area contributed by atoms with Gasteiger partial charge in [0, 0.05) is 24.1 Å². The molecule has 0 fully saturated rings. The predicted octanol–water partition coefficient (Wildman–Crippen LogP) is 3.60. The molecule has 0 saturated heterocycles. The molecule has 0 aliphatic carbocycles. The molecule has 0 bridgehead atoms. The third-order valence-electron chi connectivity index (χ3n) is 3.75. The fourth-order valence-electron chi connectivity index (χ4n) is 2.46. The van der Waals surface area contributed by atoms with Crippen molar-refractivity contribution in [2.24, 2.45) is 0 Å². The van der Waals surface area contributed by atoms with E-state index in [-0.39, 0.29) is 5.91 Å². The molecule has 128 valence electrons. The van der Waals surface area contributed by atoms with Crippen LogP contribution in [0.3, 0.4) is 0 Å². The first-order valence-corrected chi connectivity index (χ1v) is 9.43. The first kappa shape index (κ1) is 17.3. The Morgan fingerprint density at radius 2 is 1.72 bits per heavy atom. The van der Waals surface area contributed by atoms with Gasteiger partial charge in [-0.05, 0) is 11.1 Å². The molecule has 3 aromatic rings. The van der Waals surface area contributed by atoms with E-state index in [4.69, 9.17) is 0 Å². The highest BCUT2D eigenvalue weighted by Crippen LogP contribution is 2.17. The molecule has 0 unspecified atom stereocenters. The average Bonchev–Trinajstić information content (AvgIpc) is 3.12. The molecule has 0 aliphatic heterocycles. The summed E-state index contributed by atoms with van der Waals surface area (Å²) in [6.07, 6.45) is 3.86. The molecule has 5 heteroatoms. The van der Waals surface area contributed by atoms with Gasteiger partial charge in [-0.2, -0.15) is 5.10 Å². The van der Waals surface area contributed by atoms with E-state index < -0.39 is 0 Å². The van der Waals surface area contributed by atoms with Crippen LogP contribution >= 0.6 is 11.8 Å². The van der Waals surface area contributed by atoms with Crippen LogP contribution in [0.2, 0.25) is 0 Å². The van der Waals surface area contributed by atoms with E-state index in [1.165, 1.54) is 5.56 Å². The van der Waals surface area contributed by atoms with Crippen LogP contribution < -0.4 is 5.32 Å². The van der Waals surface area contributed by atoms with Gasteiger partial charge >= 0.3 is 0 Å². The molecule has 0 saturated carbocycles. The zero-order valence-corrected chi connectivity index (χ0v) is 14.8. The highest BCUT2D eigenvalue weighted by molar-refractivity contribution is 7.99. The summed E-state index contributed by atoms with van der Waals surface area (Å²) < 4.78 is 1.86. The molecule has 0 spiro atoms. The van der Waals surface area contributed by atoms with E-state index in [0.717, 1.165) is 16.9 Å². The molecule has 1 N–H and O–H groups in total. The lowest BCUT2D eigenvalue weighted by Gasteiger charge is -2.05. The maximum atomic E-state index is 11.9. The summed E-state index contributed by atoms with van der Waals surface area (Å²) in [5.74, 6) is 1.40. The number of hydrogen-bond acceptors (Lipinski definition) is 3. The fourth-order valence-corrected chi connectivity index (χ4v) is 3.28. The zero-order chi connectivity index (χ0) is 17.3. The SMILES string of the molecule is O=C(CSCc1ccccc1)NCCn1cc(-c2ccccc2)cn1. The zero-order valence-electron chi connectivity index (χ0n) is 14.0. The Balaban J connectivity index is 1.36. The fraction of sp³-hybridized carbons (Fsp3) is 0.200. The van der Waals surface area contributed by atoms with Crippen molar-refractivity contribution in [1.29, 1.82) is 0 Å². The Labute approximate surface area is 152 Å². The molecule has 1 amide bonds. The van der Waals surface area contributed by atoms with Crippen LogP contribution in [-0.2, 0) is 17.1 Å². The molecule has 4 nitrogen and oxygen atoms in total. The Morgan fingerprint density at radius 3 is 2.48 bits per heavy atom. The number of amides is 1. The van der Waals surface area contributed by atoms with Crippen molar-refractivity contribution in [3.8, 4) is 11.1 Å². The van der Waals surface area contributed by atoms with Crippen LogP contribution in [0, 0.1) is 0 Å². The van der Waals surface area contributed by atoms with Crippen molar-refractivity contribution in [2.75, 3.05) is 12.3 Å². The summed E-state index contributed by atoms with van der Waals surface area (Å²) >= 11 is 1.63. The summed E-state index contributed by atoms with van der Waals surface area (Å²) in [5, 5.41) is 7.30. The maximum absolute atomic E-state index is 11.9. The summed E-state index contributed by atoms with van der Waals surface area (Å²) in [5.41, 5.74) is 3.48. The number of rotatable bonds is 8. The van der Waals surface area contributed by atoms with E-state index in [0.29, 0.717) is 18.8 Å². The number of nitrogens with one attached hydrogen (secondary N) is 1. The van der Waals surface area contributed by atoms with E-state index >= 15 is 0 Å². The van der Waals surface area contributed by atoms with Gasteiger partial charge in [0.25, 0.3) is 0 Å². The van der Waals surface area contributed by atoms with Crippen LogP contribution in [0.4, 0.5) is 0 Å². The second-order valence-corrected chi connectivity index (χ2v) is 6.67. The second kappa shape index (κ2) is 9.08. The van der Waals surface area contributed by atoms with E-state index in [2.05, 4.69) is 34.7 Å². The summed E-state index contributed by atoms with van der Waals surface area (Å²) in [7, 11) is 0. The molecule has 3 rings (SSSR count). The third-order valence-corrected chi connectivity index (χ3v) is 4.75. The Hall–Kier alpha value is -2.53. The molecule has 0 aliphatic rings. The third kappa shape index (κ3) is 5.50. The van der Waals surface area contributed by atoms with Gasteiger partial charge in [-0.1, -0.05) is 60.7 Å². The lowest BCUT2D eigenvalue weighted by molar-refractivity contribution is -0.118. The minimum Gasteiger partial charge on any atom is -0.354 e. The Morgan fingerprint density at radius 1 is 1.00 bits per heavy atom. The quantitative estimate of drug-likeness (QED) is 0.674. The van der Waals surface area contributed by atoms with Crippen molar-refractivity contribution in [2.45, 2.75) is 12.3 Å². The first-order chi connectivity index (χ1) is 12.3. The van der Waals surface area contributed by atoms with Crippen LogP contribution in [0.1, 0.15) is 5.56 Å².